The van der Waals surface area contributed by atoms with E-state index < -0.39 is 5.92 Å². The summed E-state index contributed by atoms with van der Waals surface area (Å²) in [5.41, 5.74) is 4.81. The van der Waals surface area contributed by atoms with E-state index in [1.54, 1.807) is 41.1 Å². The summed E-state index contributed by atoms with van der Waals surface area (Å²) in [5.74, 6) is -0.996. The van der Waals surface area contributed by atoms with Crippen molar-refractivity contribution in [1.29, 1.82) is 0 Å². The highest BCUT2D eigenvalue weighted by molar-refractivity contribution is 6.07. The van der Waals surface area contributed by atoms with Crippen LogP contribution in [0.15, 0.2) is 72.8 Å². The Balaban J connectivity index is 1.47. The maximum atomic E-state index is 13.1. The van der Waals surface area contributed by atoms with Crippen LogP contribution < -0.4 is 10.2 Å². The molecule has 34 heavy (non-hydrogen) atoms. The second-order valence-electron chi connectivity index (χ2n) is 8.88. The van der Waals surface area contributed by atoms with Gasteiger partial charge in [0.15, 0.2) is 0 Å². The van der Waals surface area contributed by atoms with E-state index >= 15 is 0 Å². The number of rotatable bonds is 6. The molecule has 1 saturated heterocycles. The van der Waals surface area contributed by atoms with Gasteiger partial charge in [-0.3, -0.25) is 14.4 Å². The zero-order valence-corrected chi connectivity index (χ0v) is 19.7. The Bertz CT molecular complexity index is 1220. The summed E-state index contributed by atoms with van der Waals surface area (Å²) in [4.78, 5) is 42.3. The van der Waals surface area contributed by atoms with E-state index in [1.807, 2.05) is 62.4 Å². The lowest BCUT2D eigenvalue weighted by Gasteiger charge is -2.21. The standard InChI is InChI=1S/C28H29N3O3/c1-19-13-14-20(2)25(15-19)31-18-22(16-26(31)32)27(33)29-24-12-8-7-11-23(24)28(34)30(3)17-21-9-5-4-6-10-21/h4-15,22H,16-18H2,1-3H3,(H,29,33). The van der Waals surface area contributed by atoms with E-state index in [0.29, 0.717) is 24.3 Å². The summed E-state index contributed by atoms with van der Waals surface area (Å²) < 4.78 is 0. The van der Waals surface area contributed by atoms with Gasteiger partial charge in [0.1, 0.15) is 0 Å². The van der Waals surface area contributed by atoms with Crippen molar-refractivity contribution in [2.24, 2.45) is 5.92 Å². The molecular weight excluding hydrogens is 426 g/mol. The van der Waals surface area contributed by atoms with Gasteiger partial charge in [-0.1, -0.05) is 54.6 Å². The first-order chi connectivity index (χ1) is 16.3. The number of nitrogens with zero attached hydrogens (tertiary/aromatic N) is 2. The fourth-order valence-corrected chi connectivity index (χ4v) is 4.27. The molecule has 3 aromatic rings. The highest BCUT2D eigenvalue weighted by atomic mass is 16.2. The lowest BCUT2D eigenvalue weighted by atomic mass is 10.1. The Kier molecular flexibility index (Phi) is 6.77. The summed E-state index contributed by atoms with van der Waals surface area (Å²) in [6.07, 6.45) is 0.142. The zero-order valence-electron chi connectivity index (χ0n) is 19.7. The zero-order chi connectivity index (χ0) is 24.2. The molecule has 0 spiro atoms. The molecule has 1 fully saturated rings. The minimum atomic E-state index is -0.488. The van der Waals surface area contributed by atoms with Crippen LogP contribution in [0, 0.1) is 19.8 Å². The van der Waals surface area contributed by atoms with Crippen LogP contribution in [0.25, 0.3) is 0 Å². The molecule has 0 saturated carbocycles. The first kappa shape index (κ1) is 23.2. The maximum absolute atomic E-state index is 13.1. The molecule has 6 nitrogen and oxygen atoms in total. The van der Waals surface area contributed by atoms with Gasteiger partial charge in [-0.2, -0.15) is 0 Å². The van der Waals surface area contributed by atoms with Crippen molar-refractivity contribution in [3.8, 4) is 0 Å². The van der Waals surface area contributed by atoms with Crippen molar-refractivity contribution in [1.82, 2.24) is 4.90 Å². The van der Waals surface area contributed by atoms with Gasteiger partial charge in [0.2, 0.25) is 11.8 Å². The molecule has 174 valence electrons. The molecule has 1 N–H and O–H groups in total. The SMILES string of the molecule is Cc1ccc(C)c(N2CC(C(=O)Nc3ccccc3C(=O)N(C)Cc3ccccc3)CC2=O)c1. The van der Waals surface area contributed by atoms with Crippen LogP contribution in [-0.4, -0.2) is 36.2 Å². The van der Waals surface area contributed by atoms with Crippen molar-refractivity contribution in [3.05, 3.63) is 95.1 Å². The van der Waals surface area contributed by atoms with Gasteiger partial charge in [0, 0.05) is 32.2 Å². The fraction of sp³-hybridized carbons (Fsp3) is 0.250. The van der Waals surface area contributed by atoms with Gasteiger partial charge in [-0.25, -0.2) is 0 Å². The van der Waals surface area contributed by atoms with Crippen molar-refractivity contribution in [3.63, 3.8) is 0 Å². The molecule has 4 rings (SSSR count). The quantitative estimate of drug-likeness (QED) is 0.592. The summed E-state index contributed by atoms with van der Waals surface area (Å²) in [6, 6.07) is 22.7. The normalized spacial score (nSPS) is 15.3. The lowest BCUT2D eigenvalue weighted by Crippen LogP contribution is -2.30. The number of benzene rings is 3. The van der Waals surface area contributed by atoms with Crippen molar-refractivity contribution in [2.45, 2.75) is 26.8 Å². The Labute approximate surface area is 200 Å². The number of hydrogen-bond donors (Lipinski definition) is 1. The highest BCUT2D eigenvalue weighted by Gasteiger charge is 2.36. The molecule has 1 aliphatic rings. The molecule has 0 aromatic heterocycles. The predicted octanol–water partition coefficient (Wildman–Crippen LogP) is 4.57. The van der Waals surface area contributed by atoms with Crippen LogP contribution in [-0.2, 0) is 16.1 Å². The number of amides is 3. The summed E-state index contributed by atoms with van der Waals surface area (Å²) in [5, 5.41) is 2.91. The van der Waals surface area contributed by atoms with E-state index in [4.69, 9.17) is 0 Å². The smallest absolute Gasteiger partial charge is 0.256 e. The molecule has 1 heterocycles. The third kappa shape index (κ3) is 5.01. The monoisotopic (exact) mass is 455 g/mol. The molecule has 1 unspecified atom stereocenters. The number of aryl methyl sites for hydroxylation is 2. The summed E-state index contributed by atoms with van der Waals surface area (Å²) >= 11 is 0. The summed E-state index contributed by atoms with van der Waals surface area (Å²) in [7, 11) is 1.74. The number of nitrogens with one attached hydrogen (secondary N) is 1. The second kappa shape index (κ2) is 9.91. The third-order valence-corrected chi connectivity index (χ3v) is 6.18. The van der Waals surface area contributed by atoms with Crippen LogP contribution in [0.1, 0.15) is 33.5 Å². The number of anilines is 2. The molecule has 3 aromatic carbocycles. The van der Waals surface area contributed by atoms with Gasteiger partial charge in [-0.15, -0.1) is 0 Å². The largest absolute Gasteiger partial charge is 0.337 e. The highest BCUT2D eigenvalue weighted by Crippen LogP contribution is 2.30. The molecule has 6 heteroatoms. The Morgan fingerprint density at radius 2 is 1.71 bits per heavy atom. The van der Waals surface area contributed by atoms with E-state index in [0.717, 1.165) is 22.4 Å². The van der Waals surface area contributed by atoms with Crippen LogP contribution in [0.3, 0.4) is 0 Å². The predicted molar refractivity (Wildman–Crippen MR) is 134 cm³/mol. The Hall–Kier alpha value is -3.93. The van der Waals surface area contributed by atoms with E-state index in [9.17, 15) is 14.4 Å². The Morgan fingerprint density at radius 1 is 1.00 bits per heavy atom. The fourth-order valence-electron chi connectivity index (χ4n) is 4.27. The minimum Gasteiger partial charge on any atom is -0.337 e. The van der Waals surface area contributed by atoms with Crippen molar-refractivity contribution < 1.29 is 14.4 Å². The average molecular weight is 456 g/mol. The lowest BCUT2D eigenvalue weighted by molar-refractivity contribution is -0.122. The number of carbonyl (C=O) groups excluding carboxylic acids is 3. The topological polar surface area (TPSA) is 69.7 Å². The van der Waals surface area contributed by atoms with Gasteiger partial charge in [-0.05, 0) is 48.7 Å². The molecule has 1 aliphatic heterocycles. The maximum Gasteiger partial charge on any atom is 0.256 e. The molecule has 0 bridgehead atoms. The van der Waals surface area contributed by atoms with Gasteiger partial charge in [0.05, 0.1) is 17.2 Å². The van der Waals surface area contributed by atoms with Gasteiger partial charge >= 0.3 is 0 Å². The summed E-state index contributed by atoms with van der Waals surface area (Å²) in [6.45, 7) is 4.72. The van der Waals surface area contributed by atoms with E-state index in [2.05, 4.69) is 5.32 Å². The molecular formula is C28H29N3O3. The molecule has 1 atom stereocenters. The number of hydrogen-bond acceptors (Lipinski definition) is 3. The van der Waals surface area contributed by atoms with E-state index in [-0.39, 0.29) is 24.1 Å². The number of para-hydroxylation sites is 1. The molecule has 0 radical (unpaired) electrons. The first-order valence-corrected chi connectivity index (χ1v) is 11.4. The third-order valence-electron chi connectivity index (χ3n) is 6.18. The second-order valence-corrected chi connectivity index (χ2v) is 8.88. The van der Waals surface area contributed by atoms with Gasteiger partial charge < -0.3 is 15.1 Å². The molecule has 0 aliphatic carbocycles. The van der Waals surface area contributed by atoms with Crippen LogP contribution >= 0.6 is 0 Å². The van der Waals surface area contributed by atoms with Crippen molar-refractivity contribution in [2.75, 3.05) is 23.8 Å². The first-order valence-electron chi connectivity index (χ1n) is 11.4. The van der Waals surface area contributed by atoms with Crippen LogP contribution in [0.4, 0.5) is 11.4 Å². The number of carbonyl (C=O) groups is 3. The van der Waals surface area contributed by atoms with Crippen molar-refractivity contribution >= 4 is 29.1 Å². The average Bonchev–Trinajstić information content (AvgIpc) is 3.22. The van der Waals surface area contributed by atoms with E-state index in [1.165, 1.54) is 0 Å². The minimum absolute atomic E-state index is 0.0687. The van der Waals surface area contributed by atoms with Crippen LogP contribution in [0.5, 0.6) is 0 Å². The Morgan fingerprint density at radius 3 is 2.47 bits per heavy atom. The molecule has 3 amide bonds. The van der Waals surface area contributed by atoms with Gasteiger partial charge in [0.25, 0.3) is 5.91 Å². The van der Waals surface area contributed by atoms with Crippen LogP contribution in [0.2, 0.25) is 0 Å².